The van der Waals surface area contributed by atoms with E-state index in [0.717, 1.165) is 35.2 Å². The molecule has 0 N–H and O–H groups in total. The largest absolute Gasteiger partial charge is 0.467 e. The number of nitrogens with zero attached hydrogens (tertiary/aromatic N) is 3. The first-order valence-electron chi connectivity index (χ1n) is 9.47. The lowest BCUT2D eigenvalue weighted by Crippen LogP contribution is -2.33. The molecule has 2 aliphatic rings. The number of benzene rings is 1. The zero-order valence-electron chi connectivity index (χ0n) is 15.3. The fraction of sp³-hybridized carbons (Fsp3) is 0.381. The minimum absolute atomic E-state index is 0.00146. The first-order chi connectivity index (χ1) is 13.2. The van der Waals surface area contributed by atoms with E-state index in [0.29, 0.717) is 18.3 Å². The molecule has 3 heterocycles. The number of aryl methyl sites for hydroxylation is 1. The number of thiophene rings is 1. The quantitative estimate of drug-likeness (QED) is 0.695. The van der Waals surface area contributed by atoms with Gasteiger partial charge in [-0.15, -0.1) is 11.3 Å². The Hall–Kier alpha value is -2.47. The van der Waals surface area contributed by atoms with Crippen LogP contribution < -0.4 is 9.64 Å². The van der Waals surface area contributed by atoms with Crippen LogP contribution in [0.4, 0.5) is 5.69 Å². The van der Waals surface area contributed by atoms with Crippen molar-refractivity contribution >= 4 is 33.1 Å². The predicted molar refractivity (Wildman–Crippen MR) is 107 cm³/mol. The van der Waals surface area contributed by atoms with Crippen LogP contribution in [-0.4, -0.2) is 29.0 Å². The monoisotopic (exact) mass is 379 g/mol. The number of hydrogen-bond acceptors (Lipinski definition) is 5. The normalized spacial score (nSPS) is 18.4. The number of carbonyl (C=O) groups is 1. The first kappa shape index (κ1) is 16.7. The van der Waals surface area contributed by atoms with Crippen molar-refractivity contribution in [1.29, 1.82) is 0 Å². The zero-order chi connectivity index (χ0) is 18.4. The minimum atomic E-state index is -0.0237. The van der Waals surface area contributed by atoms with Crippen LogP contribution in [-0.2, 0) is 24.1 Å². The van der Waals surface area contributed by atoms with Gasteiger partial charge in [-0.1, -0.05) is 25.1 Å². The molecule has 0 saturated heterocycles. The number of para-hydroxylation sites is 1. The number of amides is 1. The number of anilines is 1. The van der Waals surface area contributed by atoms with Crippen LogP contribution in [0.5, 0.6) is 5.88 Å². The molecule has 0 bridgehead atoms. The first-order valence-corrected chi connectivity index (χ1v) is 10.3. The van der Waals surface area contributed by atoms with Crippen molar-refractivity contribution in [1.82, 2.24) is 9.97 Å². The van der Waals surface area contributed by atoms with Crippen LogP contribution in [0.25, 0.3) is 10.2 Å². The molecule has 1 aromatic carbocycles. The molecule has 2 aromatic heterocycles. The van der Waals surface area contributed by atoms with Crippen LogP contribution in [0.2, 0.25) is 0 Å². The Labute approximate surface area is 162 Å². The highest BCUT2D eigenvalue weighted by Crippen LogP contribution is 2.40. The van der Waals surface area contributed by atoms with E-state index >= 15 is 0 Å². The van der Waals surface area contributed by atoms with Gasteiger partial charge in [-0.2, -0.15) is 0 Å². The van der Waals surface area contributed by atoms with Gasteiger partial charge in [0.15, 0.2) is 6.61 Å². The number of hydrogen-bond donors (Lipinski definition) is 0. The Bertz CT molecular complexity index is 1030. The summed E-state index contributed by atoms with van der Waals surface area (Å²) >= 11 is 1.74. The third-order valence-electron chi connectivity index (χ3n) is 5.58. The van der Waals surface area contributed by atoms with Gasteiger partial charge < -0.3 is 9.64 Å². The molecule has 3 aromatic rings. The molecule has 27 heavy (non-hydrogen) atoms. The van der Waals surface area contributed by atoms with Crippen molar-refractivity contribution in [3.8, 4) is 5.88 Å². The van der Waals surface area contributed by atoms with E-state index in [-0.39, 0.29) is 12.5 Å². The van der Waals surface area contributed by atoms with Gasteiger partial charge in [0.1, 0.15) is 11.2 Å². The molecule has 0 fully saturated rings. The second-order valence-electron chi connectivity index (χ2n) is 7.42. The summed E-state index contributed by atoms with van der Waals surface area (Å²) in [7, 11) is 0. The van der Waals surface area contributed by atoms with Gasteiger partial charge in [0.25, 0.3) is 5.91 Å². The van der Waals surface area contributed by atoms with Crippen molar-refractivity contribution in [3.05, 3.63) is 46.6 Å². The number of carbonyl (C=O) groups excluding carboxylic acids is 1. The van der Waals surface area contributed by atoms with Crippen molar-refractivity contribution in [3.63, 3.8) is 0 Å². The molecule has 0 unspecified atom stereocenters. The van der Waals surface area contributed by atoms with E-state index in [1.807, 2.05) is 23.1 Å². The summed E-state index contributed by atoms with van der Waals surface area (Å²) < 4.78 is 5.92. The standard InChI is InChI=1S/C21H21N3O2S/c1-13-6-7-15-17(10-13)27-21-19(15)20(22-12-23-21)26-11-18(25)24-9-8-14-4-2-3-5-16(14)24/h2-5,12-13H,6-11H2,1H3/t13-/m0/s1. The maximum atomic E-state index is 12.7. The Kier molecular flexibility index (Phi) is 4.08. The molecule has 0 spiro atoms. The van der Waals surface area contributed by atoms with Crippen molar-refractivity contribution < 1.29 is 9.53 Å². The summed E-state index contributed by atoms with van der Waals surface area (Å²) in [4.78, 5) is 25.7. The summed E-state index contributed by atoms with van der Waals surface area (Å²) in [6.07, 6.45) is 5.75. The van der Waals surface area contributed by atoms with Gasteiger partial charge >= 0.3 is 0 Å². The summed E-state index contributed by atoms with van der Waals surface area (Å²) in [5.41, 5.74) is 3.54. The molecule has 0 saturated carbocycles. The third kappa shape index (κ3) is 2.88. The van der Waals surface area contributed by atoms with Crippen LogP contribution in [0.1, 0.15) is 29.3 Å². The van der Waals surface area contributed by atoms with Crippen LogP contribution in [0.3, 0.4) is 0 Å². The Balaban J connectivity index is 1.39. The number of fused-ring (bicyclic) bond motifs is 4. The summed E-state index contributed by atoms with van der Waals surface area (Å²) in [6.45, 7) is 3.01. The Morgan fingerprint density at radius 3 is 3.11 bits per heavy atom. The van der Waals surface area contributed by atoms with E-state index in [2.05, 4.69) is 23.0 Å². The summed E-state index contributed by atoms with van der Waals surface area (Å²) in [5.74, 6) is 1.23. The molecular formula is C21H21N3O2S. The fourth-order valence-corrected chi connectivity index (χ4v) is 5.50. The molecule has 1 amide bonds. The highest BCUT2D eigenvalue weighted by Gasteiger charge is 2.26. The maximum absolute atomic E-state index is 12.7. The van der Waals surface area contributed by atoms with Gasteiger partial charge in [-0.05, 0) is 48.8 Å². The van der Waals surface area contributed by atoms with Gasteiger partial charge in [0, 0.05) is 17.1 Å². The molecule has 6 heteroatoms. The second-order valence-corrected chi connectivity index (χ2v) is 8.51. The zero-order valence-corrected chi connectivity index (χ0v) is 16.1. The maximum Gasteiger partial charge on any atom is 0.264 e. The fourth-order valence-electron chi connectivity index (χ4n) is 4.16. The summed E-state index contributed by atoms with van der Waals surface area (Å²) in [5, 5.41) is 1.01. The SMILES string of the molecule is C[C@H]1CCc2c(sc3ncnc(OCC(=O)N4CCc5ccccc54)c23)C1. The lowest BCUT2D eigenvalue weighted by atomic mass is 9.89. The molecule has 138 valence electrons. The Morgan fingerprint density at radius 1 is 1.30 bits per heavy atom. The highest BCUT2D eigenvalue weighted by atomic mass is 32.1. The topological polar surface area (TPSA) is 55.3 Å². The van der Waals surface area contributed by atoms with Gasteiger partial charge in [-0.3, -0.25) is 4.79 Å². The van der Waals surface area contributed by atoms with Crippen LogP contribution in [0, 0.1) is 5.92 Å². The van der Waals surface area contributed by atoms with Crippen molar-refractivity contribution in [2.75, 3.05) is 18.1 Å². The summed E-state index contributed by atoms with van der Waals surface area (Å²) in [6, 6.07) is 8.06. The minimum Gasteiger partial charge on any atom is -0.467 e. The van der Waals surface area contributed by atoms with E-state index in [1.165, 1.54) is 22.4 Å². The van der Waals surface area contributed by atoms with Crippen molar-refractivity contribution in [2.45, 2.75) is 32.6 Å². The van der Waals surface area contributed by atoms with Crippen LogP contribution >= 0.6 is 11.3 Å². The van der Waals surface area contributed by atoms with E-state index in [4.69, 9.17) is 4.74 Å². The molecule has 5 nitrogen and oxygen atoms in total. The molecular weight excluding hydrogens is 358 g/mol. The smallest absolute Gasteiger partial charge is 0.264 e. The molecule has 5 rings (SSSR count). The van der Waals surface area contributed by atoms with Crippen LogP contribution in [0.15, 0.2) is 30.6 Å². The number of aromatic nitrogens is 2. The van der Waals surface area contributed by atoms with Crippen molar-refractivity contribution in [2.24, 2.45) is 5.92 Å². The van der Waals surface area contributed by atoms with Gasteiger partial charge in [0.2, 0.25) is 5.88 Å². The van der Waals surface area contributed by atoms with E-state index < -0.39 is 0 Å². The molecule has 1 atom stereocenters. The average Bonchev–Trinajstić information content (AvgIpc) is 3.27. The van der Waals surface area contributed by atoms with E-state index in [9.17, 15) is 4.79 Å². The van der Waals surface area contributed by atoms with Gasteiger partial charge in [-0.25, -0.2) is 9.97 Å². The average molecular weight is 379 g/mol. The second kappa shape index (κ2) is 6.60. The molecule has 1 aliphatic heterocycles. The third-order valence-corrected chi connectivity index (χ3v) is 6.74. The lowest BCUT2D eigenvalue weighted by molar-refractivity contribution is -0.120. The number of ether oxygens (including phenoxy) is 1. The molecule has 1 aliphatic carbocycles. The Morgan fingerprint density at radius 2 is 2.19 bits per heavy atom. The highest BCUT2D eigenvalue weighted by molar-refractivity contribution is 7.18. The molecule has 0 radical (unpaired) electrons. The van der Waals surface area contributed by atoms with Gasteiger partial charge in [0.05, 0.1) is 5.39 Å². The van der Waals surface area contributed by atoms with E-state index in [1.54, 1.807) is 17.7 Å². The lowest BCUT2D eigenvalue weighted by Gasteiger charge is -2.19. The number of rotatable bonds is 3. The predicted octanol–water partition coefficient (Wildman–Crippen LogP) is 3.78.